The average Bonchev–Trinajstić information content (AvgIpc) is 2.91. The highest BCUT2D eigenvalue weighted by Crippen LogP contribution is 2.20. The highest BCUT2D eigenvalue weighted by atomic mass is 32.1. The minimum atomic E-state index is 0.0948. The van der Waals surface area contributed by atoms with Gasteiger partial charge in [0, 0.05) is 11.9 Å². The molecule has 0 unspecified atom stereocenters. The number of aliphatic hydroxyl groups is 1. The van der Waals surface area contributed by atoms with Crippen LogP contribution in [0.25, 0.3) is 11.3 Å². The zero-order valence-electron chi connectivity index (χ0n) is 12.4. The third-order valence-corrected chi connectivity index (χ3v) is 4.28. The Hall–Kier alpha value is -2.17. The van der Waals surface area contributed by atoms with Gasteiger partial charge in [-0.2, -0.15) is 0 Å². The van der Waals surface area contributed by atoms with Crippen LogP contribution in [-0.2, 0) is 6.54 Å². The van der Waals surface area contributed by atoms with E-state index in [1.807, 2.05) is 30.3 Å². The van der Waals surface area contributed by atoms with E-state index in [1.54, 1.807) is 11.3 Å². The van der Waals surface area contributed by atoms with Gasteiger partial charge in [0.2, 0.25) is 0 Å². The van der Waals surface area contributed by atoms with Gasteiger partial charge in [0.15, 0.2) is 4.80 Å². The SMILES string of the molecule is Cc1cccc(N=c2scc(-c3ccccc3)n2CCO)c1. The molecule has 1 aromatic heterocycles. The summed E-state index contributed by atoms with van der Waals surface area (Å²) in [5.74, 6) is 0. The molecule has 0 atom stereocenters. The first-order valence-corrected chi connectivity index (χ1v) is 8.12. The zero-order valence-corrected chi connectivity index (χ0v) is 13.3. The van der Waals surface area contributed by atoms with Crippen LogP contribution in [0.15, 0.2) is 65.0 Å². The summed E-state index contributed by atoms with van der Waals surface area (Å²) in [5, 5.41) is 11.5. The van der Waals surface area contributed by atoms with E-state index in [0.717, 1.165) is 21.7 Å². The van der Waals surface area contributed by atoms with Crippen molar-refractivity contribution in [2.24, 2.45) is 4.99 Å². The summed E-state index contributed by atoms with van der Waals surface area (Å²) < 4.78 is 2.07. The Bertz CT molecular complexity index is 818. The number of benzene rings is 2. The summed E-state index contributed by atoms with van der Waals surface area (Å²) in [4.78, 5) is 5.64. The lowest BCUT2D eigenvalue weighted by Crippen LogP contribution is -2.17. The maximum absolute atomic E-state index is 9.39. The number of thiazole rings is 1. The molecule has 0 saturated carbocycles. The quantitative estimate of drug-likeness (QED) is 0.783. The summed E-state index contributed by atoms with van der Waals surface area (Å²) in [7, 11) is 0. The average molecular weight is 310 g/mol. The van der Waals surface area contributed by atoms with Crippen LogP contribution in [0.2, 0.25) is 0 Å². The second-order valence-electron chi connectivity index (χ2n) is 5.10. The molecule has 0 fully saturated rings. The number of hydrogen-bond acceptors (Lipinski definition) is 3. The number of aromatic nitrogens is 1. The van der Waals surface area contributed by atoms with Crippen LogP contribution in [0.4, 0.5) is 5.69 Å². The lowest BCUT2D eigenvalue weighted by molar-refractivity contribution is 0.275. The smallest absolute Gasteiger partial charge is 0.190 e. The molecule has 0 radical (unpaired) electrons. The fourth-order valence-electron chi connectivity index (χ4n) is 2.38. The van der Waals surface area contributed by atoms with Crippen molar-refractivity contribution in [3.05, 3.63) is 70.3 Å². The number of hydrogen-bond donors (Lipinski definition) is 1. The van der Waals surface area contributed by atoms with Gasteiger partial charge >= 0.3 is 0 Å². The highest BCUT2D eigenvalue weighted by molar-refractivity contribution is 7.07. The second-order valence-corrected chi connectivity index (χ2v) is 5.93. The van der Waals surface area contributed by atoms with Crippen LogP contribution in [0.3, 0.4) is 0 Å². The van der Waals surface area contributed by atoms with Gasteiger partial charge in [0.1, 0.15) is 0 Å². The van der Waals surface area contributed by atoms with Crippen molar-refractivity contribution in [1.29, 1.82) is 0 Å². The molecule has 1 N–H and O–H groups in total. The molecule has 1 heterocycles. The normalized spacial score (nSPS) is 11.8. The van der Waals surface area contributed by atoms with Gasteiger partial charge in [0.25, 0.3) is 0 Å². The van der Waals surface area contributed by atoms with Crippen molar-refractivity contribution in [3.8, 4) is 11.3 Å². The van der Waals surface area contributed by atoms with E-state index >= 15 is 0 Å². The van der Waals surface area contributed by atoms with Crippen LogP contribution in [-0.4, -0.2) is 16.3 Å². The first kappa shape index (κ1) is 14.8. The summed E-state index contributed by atoms with van der Waals surface area (Å²) in [6, 6.07) is 18.3. The molecule has 0 aliphatic heterocycles. The summed E-state index contributed by atoms with van der Waals surface area (Å²) in [5.41, 5.74) is 4.35. The standard InChI is InChI=1S/C18H18N2OS/c1-14-6-5-9-16(12-14)19-18-20(10-11-21)17(13-22-18)15-7-3-2-4-8-15/h2-9,12-13,21H,10-11H2,1H3. The van der Waals surface area contributed by atoms with Gasteiger partial charge in [-0.05, 0) is 30.2 Å². The molecule has 3 nitrogen and oxygen atoms in total. The van der Waals surface area contributed by atoms with Crippen LogP contribution >= 0.6 is 11.3 Å². The maximum atomic E-state index is 9.39. The van der Waals surface area contributed by atoms with Gasteiger partial charge in [-0.25, -0.2) is 4.99 Å². The van der Waals surface area contributed by atoms with Crippen molar-refractivity contribution in [1.82, 2.24) is 4.57 Å². The Morgan fingerprint density at radius 2 is 1.91 bits per heavy atom. The van der Waals surface area contributed by atoms with E-state index in [0.29, 0.717) is 6.54 Å². The molecule has 0 aliphatic rings. The van der Waals surface area contributed by atoms with Gasteiger partial charge in [-0.15, -0.1) is 11.3 Å². The van der Waals surface area contributed by atoms with E-state index < -0.39 is 0 Å². The fraction of sp³-hybridized carbons (Fsp3) is 0.167. The molecule has 22 heavy (non-hydrogen) atoms. The van der Waals surface area contributed by atoms with E-state index in [1.165, 1.54) is 5.56 Å². The number of nitrogens with zero attached hydrogens (tertiary/aromatic N) is 2. The summed E-state index contributed by atoms with van der Waals surface area (Å²) >= 11 is 1.60. The Balaban J connectivity index is 2.11. The molecule has 4 heteroatoms. The molecular weight excluding hydrogens is 292 g/mol. The van der Waals surface area contributed by atoms with Crippen LogP contribution in [0, 0.1) is 6.92 Å². The number of aryl methyl sites for hydroxylation is 1. The number of rotatable bonds is 4. The molecule has 2 aromatic carbocycles. The van der Waals surface area contributed by atoms with Gasteiger partial charge < -0.3 is 9.67 Å². The van der Waals surface area contributed by atoms with Gasteiger partial charge in [-0.3, -0.25) is 0 Å². The van der Waals surface area contributed by atoms with E-state index in [4.69, 9.17) is 4.99 Å². The molecular formula is C18H18N2OS. The van der Waals surface area contributed by atoms with Crippen molar-refractivity contribution >= 4 is 17.0 Å². The monoisotopic (exact) mass is 310 g/mol. The zero-order chi connectivity index (χ0) is 15.4. The van der Waals surface area contributed by atoms with Gasteiger partial charge in [0.05, 0.1) is 18.0 Å². The van der Waals surface area contributed by atoms with Crippen molar-refractivity contribution < 1.29 is 5.11 Å². The first-order valence-electron chi connectivity index (χ1n) is 7.24. The summed E-state index contributed by atoms with van der Waals surface area (Å²) in [6.07, 6.45) is 0. The molecule has 112 valence electrons. The minimum absolute atomic E-state index is 0.0948. The first-order chi connectivity index (χ1) is 10.8. The predicted molar refractivity (Wildman–Crippen MR) is 91.2 cm³/mol. The highest BCUT2D eigenvalue weighted by Gasteiger charge is 2.07. The Morgan fingerprint density at radius 3 is 2.64 bits per heavy atom. The number of aliphatic hydroxyl groups excluding tert-OH is 1. The third kappa shape index (κ3) is 3.18. The lowest BCUT2D eigenvalue weighted by Gasteiger charge is -2.07. The molecule has 3 aromatic rings. The summed E-state index contributed by atoms with van der Waals surface area (Å²) in [6.45, 7) is 2.70. The topological polar surface area (TPSA) is 37.5 Å². The molecule has 0 bridgehead atoms. The van der Waals surface area contributed by atoms with Crippen LogP contribution < -0.4 is 4.80 Å². The van der Waals surface area contributed by atoms with Crippen molar-refractivity contribution in [3.63, 3.8) is 0 Å². The van der Waals surface area contributed by atoms with Crippen LogP contribution in [0.5, 0.6) is 0 Å². The molecule has 3 rings (SSSR count). The Kier molecular flexibility index (Phi) is 4.51. The fourth-order valence-corrected chi connectivity index (χ4v) is 3.34. The molecule has 0 aliphatic carbocycles. The lowest BCUT2D eigenvalue weighted by atomic mass is 10.2. The van der Waals surface area contributed by atoms with E-state index in [9.17, 15) is 5.11 Å². The van der Waals surface area contributed by atoms with Crippen LogP contribution in [0.1, 0.15) is 5.56 Å². The molecule has 0 saturated heterocycles. The molecule has 0 amide bonds. The van der Waals surface area contributed by atoms with E-state index in [2.05, 4.69) is 41.1 Å². The van der Waals surface area contributed by atoms with Gasteiger partial charge in [-0.1, -0.05) is 42.5 Å². The third-order valence-electron chi connectivity index (χ3n) is 3.42. The largest absolute Gasteiger partial charge is 0.395 e. The van der Waals surface area contributed by atoms with E-state index in [-0.39, 0.29) is 6.61 Å². The predicted octanol–water partition coefficient (Wildman–Crippen LogP) is 3.75. The Morgan fingerprint density at radius 1 is 1.09 bits per heavy atom. The second kappa shape index (κ2) is 6.73. The minimum Gasteiger partial charge on any atom is -0.395 e. The Labute approximate surface area is 133 Å². The van der Waals surface area contributed by atoms with Crippen molar-refractivity contribution in [2.45, 2.75) is 13.5 Å². The molecule has 0 spiro atoms. The maximum Gasteiger partial charge on any atom is 0.190 e. The van der Waals surface area contributed by atoms with Crippen molar-refractivity contribution in [2.75, 3.05) is 6.61 Å².